The van der Waals surface area contributed by atoms with Crippen molar-refractivity contribution >= 4 is 5.91 Å². The Labute approximate surface area is 132 Å². The van der Waals surface area contributed by atoms with Crippen LogP contribution in [0.1, 0.15) is 32.1 Å². The molecule has 0 bridgehead atoms. The van der Waals surface area contributed by atoms with Gasteiger partial charge in [0.15, 0.2) is 11.5 Å². The Morgan fingerprint density at radius 1 is 1.27 bits per heavy atom. The lowest BCUT2D eigenvalue weighted by Crippen LogP contribution is -2.45. The van der Waals surface area contributed by atoms with Crippen LogP contribution in [0.5, 0.6) is 11.5 Å². The normalized spacial score (nSPS) is 21.2. The molecule has 1 aromatic carbocycles. The summed E-state index contributed by atoms with van der Waals surface area (Å²) in [5, 5.41) is 3.10. The molecule has 0 heterocycles. The molecule has 1 aliphatic rings. The van der Waals surface area contributed by atoms with E-state index in [0.29, 0.717) is 37.0 Å². The summed E-state index contributed by atoms with van der Waals surface area (Å²) >= 11 is 0. The molecule has 2 unspecified atom stereocenters. The molecule has 5 nitrogen and oxygen atoms in total. The number of carbonyl (C=O) groups is 1. The third-order valence-electron chi connectivity index (χ3n) is 4.21. The molecule has 2 atom stereocenters. The van der Waals surface area contributed by atoms with Crippen LogP contribution in [0.3, 0.4) is 0 Å². The van der Waals surface area contributed by atoms with Crippen LogP contribution in [-0.4, -0.2) is 32.2 Å². The van der Waals surface area contributed by atoms with E-state index in [9.17, 15) is 4.79 Å². The van der Waals surface area contributed by atoms with E-state index in [2.05, 4.69) is 5.32 Å². The summed E-state index contributed by atoms with van der Waals surface area (Å²) in [6, 6.07) is 7.66. The van der Waals surface area contributed by atoms with Crippen LogP contribution < -0.4 is 20.5 Å². The Morgan fingerprint density at radius 3 is 2.73 bits per heavy atom. The van der Waals surface area contributed by atoms with Crippen molar-refractivity contribution in [3.8, 4) is 11.5 Å². The summed E-state index contributed by atoms with van der Waals surface area (Å²) in [5.74, 6) is 1.78. The van der Waals surface area contributed by atoms with Gasteiger partial charge < -0.3 is 20.5 Å². The fourth-order valence-electron chi connectivity index (χ4n) is 2.95. The highest BCUT2D eigenvalue weighted by Crippen LogP contribution is 2.26. The van der Waals surface area contributed by atoms with E-state index in [4.69, 9.17) is 15.2 Å². The minimum Gasteiger partial charge on any atom is -0.493 e. The Hall–Kier alpha value is -1.75. The van der Waals surface area contributed by atoms with Crippen molar-refractivity contribution in [1.82, 2.24) is 5.32 Å². The fraction of sp³-hybridized carbons (Fsp3) is 0.588. The van der Waals surface area contributed by atoms with Crippen molar-refractivity contribution in [3.63, 3.8) is 0 Å². The number of amides is 1. The number of hydrogen-bond donors (Lipinski definition) is 2. The molecule has 1 aliphatic carbocycles. The molecule has 1 fully saturated rings. The maximum atomic E-state index is 12.1. The zero-order chi connectivity index (χ0) is 15.8. The van der Waals surface area contributed by atoms with Gasteiger partial charge in [-0.05, 0) is 37.4 Å². The van der Waals surface area contributed by atoms with Gasteiger partial charge in [0.2, 0.25) is 5.91 Å². The van der Waals surface area contributed by atoms with E-state index in [1.165, 1.54) is 12.8 Å². The predicted molar refractivity (Wildman–Crippen MR) is 86.0 cm³/mol. The predicted octanol–water partition coefficient (Wildman–Crippen LogP) is 2.10. The number of benzene rings is 1. The van der Waals surface area contributed by atoms with Gasteiger partial charge in [-0.15, -0.1) is 0 Å². The fourth-order valence-corrected chi connectivity index (χ4v) is 2.95. The van der Waals surface area contributed by atoms with E-state index >= 15 is 0 Å². The summed E-state index contributed by atoms with van der Waals surface area (Å²) < 4.78 is 10.8. The van der Waals surface area contributed by atoms with Crippen LogP contribution >= 0.6 is 0 Å². The number of nitrogens with one attached hydrogen (secondary N) is 1. The molecule has 1 saturated carbocycles. The van der Waals surface area contributed by atoms with E-state index in [0.717, 1.165) is 12.8 Å². The summed E-state index contributed by atoms with van der Waals surface area (Å²) in [4.78, 5) is 12.1. The van der Waals surface area contributed by atoms with Crippen molar-refractivity contribution in [2.45, 2.75) is 38.1 Å². The van der Waals surface area contributed by atoms with Gasteiger partial charge in [0.05, 0.1) is 20.1 Å². The van der Waals surface area contributed by atoms with Crippen LogP contribution in [0.2, 0.25) is 0 Å². The molecular weight excluding hydrogens is 280 g/mol. The Morgan fingerprint density at radius 2 is 2.00 bits per heavy atom. The van der Waals surface area contributed by atoms with Gasteiger partial charge in [0, 0.05) is 6.04 Å². The third-order valence-corrected chi connectivity index (χ3v) is 4.21. The van der Waals surface area contributed by atoms with Crippen LogP contribution in [0.4, 0.5) is 0 Å². The van der Waals surface area contributed by atoms with Crippen molar-refractivity contribution in [2.75, 3.05) is 20.3 Å². The molecule has 0 spiro atoms. The largest absolute Gasteiger partial charge is 0.493 e. The first-order valence-corrected chi connectivity index (χ1v) is 8.00. The monoisotopic (exact) mass is 306 g/mol. The lowest BCUT2D eigenvalue weighted by Gasteiger charge is -2.31. The Balaban J connectivity index is 1.75. The van der Waals surface area contributed by atoms with Crippen molar-refractivity contribution in [3.05, 3.63) is 24.3 Å². The first-order valence-electron chi connectivity index (χ1n) is 8.00. The summed E-state index contributed by atoms with van der Waals surface area (Å²) in [6.45, 7) is 0.981. The minimum absolute atomic E-state index is 0.0280. The van der Waals surface area contributed by atoms with Gasteiger partial charge in [-0.3, -0.25) is 4.79 Å². The molecule has 0 radical (unpaired) electrons. The number of carbonyl (C=O) groups excluding carboxylic acids is 1. The number of rotatable bonds is 7. The molecule has 5 heteroatoms. The minimum atomic E-state index is 0.0280. The zero-order valence-electron chi connectivity index (χ0n) is 13.2. The van der Waals surface area contributed by atoms with E-state index in [-0.39, 0.29) is 11.9 Å². The van der Waals surface area contributed by atoms with E-state index in [1.54, 1.807) is 7.11 Å². The molecular formula is C17H26N2O3. The molecule has 2 rings (SSSR count). The van der Waals surface area contributed by atoms with Crippen molar-refractivity contribution < 1.29 is 14.3 Å². The second-order valence-corrected chi connectivity index (χ2v) is 5.70. The van der Waals surface area contributed by atoms with Gasteiger partial charge in [-0.2, -0.15) is 0 Å². The number of ether oxygens (including phenoxy) is 2. The maximum Gasteiger partial charge on any atom is 0.223 e. The third kappa shape index (κ3) is 4.63. The molecule has 22 heavy (non-hydrogen) atoms. The number of hydrogen-bond acceptors (Lipinski definition) is 4. The first-order chi connectivity index (χ1) is 10.7. The smallest absolute Gasteiger partial charge is 0.223 e. The van der Waals surface area contributed by atoms with Crippen molar-refractivity contribution in [2.24, 2.45) is 11.7 Å². The number of nitrogens with two attached hydrogens (primary N) is 1. The second kappa shape index (κ2) is 8.63. The molecule has 1 amide bonds. The van der Waals surface area contributed by atoms with Gasteiger partial charge in [0.1, 0.15) is 0 Å². The van der Waals surface area contributed by atoms with E-state index in [1.807, 2.05) is 24.3 Å². The van der Waals surface area contributed by atoms with Gasteiger partial charge >= 0.3 is 0 Å². The highest BCUT2D eigenvalue weighted by Gasteiger charge is 2.25. The first kappa shape index (κ1) is 16.6. The Bertz CT molecular complexity index is 479. The average Bonchev–Trinajstić information content (AvgIpc) is 2.55. The summed E-state index contributed by atoms with van der Waals surface area (Å²) in [5.41, 5.74) is 5.79. The second-order valence-electron chi connectivity index (χ2n) is 5.70. The summed E-state index contributed by atoms with van der Waals surface area (Å²) in [7, 11) is 1.60. The molecule has 0 saturated heterocycles. The molecule has 3 N–H and O–H groups in total. The highest BCUT2D eigenvalue weighted by molar-refractivity contribution is 5.76. The Kier molecular flexibility index (Phi) is 6.52. The number of methoxy groups -OCH3 is 1. The quantitative estimate of drug-likeness (QED) is 0.809. The molecule has 122 valence electrons. The lowest BCUT2D eigenvalue weighted by atomic mass is 9.84. The summed E-state index contributed by atoms with van der Waals surface area (Å²) in [6.07, 6.45) is 4.86. The van der Waals surface area contributed by atoms with Crippen LogP contribution in [0.15, 0.2) is 24.3 Å². The zero-order valence-corrected chi connectivity index (χ0v) is 13.2. The number of para-hydroxylation sites is 2. The van der Waals surface area contributed by atoms with Crippen LogP contribution in [0.25, 0.3) is 0 Å². The molecule has 0 aromatic heterocycles. The average molecular weight is 306 g/mol. The highest BCUT2D eigenvalue weighted by atomic mass is 16.5. The van der Waals surface area contributed by atoms with Gasteiger partial charge in [-0.1, -0.05) is 25.0 Å². The van der Waals surface area contributed by atoms with Gasteiger partial charge in [0.25, 0.3) is 0 Å². The molecule has 0 aliphatic heterocycles. The van der Waals surface area contributed by atoms with Crippen molar-refractivity contribution in [1.29, 1.82) is 0 Å². The van der Waals surface area contributed by atoms with Crippen LogP contribution in [0, 0.1) is 5.92 Å². The maximum absolute atomic E-state index is 12.1. The molecule has 1 aromatic rings. The van der Waals surface area contributed by atoms with E-state index < -0.39 is 0 Å². The lowest BCUT2D eigenvalue weighted by molar-refractivity contribution is -0.122. The topological polar surface area (TPSA) is 73.6 Å². The SMILES string of the molecule is COc1ccccc1OCCC(=O)NC1CCCCC1CN. The standard InChI is InChI=1S/C17H26N2O3/c1-21-15-8-4-5-9-16(15)22-11-10-17(20)19-14-7-3-2-6-13(14)12-18/h4-5,8-9,13-14H,2-3,6-7,10-12,18H2,1H3,(H,19,20). The van der Waals surface area contributed by atoms with Crippen LogP contribution in [-0.2, 0) is 4.79 Å². The van der Waals surface area contributed by atoms with Gasteiger partial charge in [-0.25, -0.2) is 0 Å².